The molecule has 0 aliphatic carbocycles. The number of amides is 1. The molecule has 2 aromatic carbocycles. The molecular formula is C21H19ClN4O. The van der Waals surface area contributed by atoms with Crippen molar-refractivity contribution in [1.29, 1.82) is 0 Å². The van der Waals surface area contributed by atoms with Gasteiger partial charge in [-0.05, 0) is 40.8 Å². The number of aromatic nitrogens is 3. The van der Waals surface area contributed by atoms with Crippen LogP contribution in [0.1, 0.15) is 11.1 Å². The third kappa shape index (κ3) is 4.04. The van der Waals surface area contributed by atoms with E-state index in [1.54, 1.807) is 6.20 Å². The summed E-state index contributed by atoms with van der Waals surface area (Å²) in [4.78, 5) is 12.5. The molecule has 0 radical (unpaired) electrons. The van der Waals surface area contributed by atoms with Crippen LogP contribution in [0, 0.1) is 0 Å². The summed E-state index contributed by atoms with van der Waals surface area (Å²) in [6.07, 6.45) is 5.60. The topological polar surface area (TPSA) is 51.9 Å². The first-order valence-electron chi connectivity index (χ1n) is 8.74. The number of carbonyl (C=O) groups excluding carboxylic acids is 1. The number of carbonyl (C=O) groups is 1. The molecule has 0 spiro atoms. The van der Waals surface area contributed by atoms with Gasteiger partial charge in [0.05, 0.1) is 6.54 Å². The molecule has 0 atom stereocenters. The molecule has 1 amide bonds. The molecular weight excluding hydrogens is 360 g/mol. The molecule has 4 rings (SSSR count). The third-order valence-corrected chi connectivity index (χ3v) is 4.77. The molecule has 4 aromatic rings. The highest BCUT2D eigenvalue weighted by Crippen LogP contribution is 2.20. The van der Waals surface area contributed by atoms with Gasteiger partial charge >= 0.3 is 0 Å². The lowest BCUT2D eigenvalue weighted by atomic mass is 10.1. The normalized spacial score (nSPS) is 11.0. The minimum absolute atomic E-state index is 0.0404. The first kappa shape index (κ1) is 17.4. The van der Waals surface area contributed by atoms with Crippen molar-refractivity contribution in [2.45, 2.75) is 19.6 Å². The van der Waals surface area contributed by atoms with Crippen molar-refractivity contribution in [3.05, 3.63) is 89.3 Å². The minimum Gasteiger partial charge on any atom is -0.350 e. The Morgan fingerprint density at radius 2 is 1.89 bits per heavy atom. The largest absolute Gasteiger partial charge is 0.350 e. The molecule has 5 nitrogen and oxygen atoms in total. The van der Waals surface area contributed by atoms with Crippen molar-refractivity contribution < 1.29 is 4.79 Å². The number of rotatable bonds is 6. The molecule has 0 fully saturated rings. The molecule has 27 heavy (non-hydrogen) atoms. The van der Waals surface area contributed by atoms with Crippen LogP contribution in [0.25, 0.3) is 10.9 Å². The number of nitrogens with one attached hydrogen (secondary N) is 1. The van der Waals surface area contributed by atoms with Gasteiger partial charge in [0, 0.05) is 35.7 Å². The van der Waals surface area contributed by atoms with Gasteiger partial charge < -0.3 is 9.88 Å². The highest BCUT2D eigenvalue weighted by atomic mass is 35.5. The molecule has 0 aliphatic rings. The van der Waals surface area contributed by atoms with E-state index in [9.17, 15) is 4.79 Å². The van der Waals surface area contributed by atoms with Crippen molar-refractivity contribution in [2.75, 3.05) is 0 Å². The van der Waals surface area contributed by atoms with Crippen LogP contribution in [0.2, 0.25) is 5.02 Å². The van der Waals surface area contributed by atoms with Crippen LogP contribution in [-0.4, -0.2) is 20.3 Å². The number of halogens is 1. The van der Waals surface area contributed by atoms with Gasteiger partial charge in [-0.3, -0.25) is 9.48 Å². The second-order valence-electron chi connectivity index (χ2n) is 6.40. The summed E-state index contributed by atoms with van der Waals surface area (Å²) in [5.41, 5.74) is 3.18. The predicted molar refractivity (Wildman–Crippen MR) is 107 cm³/mol. The molecule has 2 heterocycles. The number of benzene rings is 2. The Hall–Kier alpha value is -3.05. The Morgan fingerprint density at radius 1 is 1.04 bits per heavy atom. The van der Waals surface area contributed by atoms with Gasteiger partial charge in [0.15, 0.2) is 0 Å². The Bertz CT molecular complexity index is 1070. The summed E-state index contributed by atoms with van der Waals surface area (Å²) in [7, 11) is 0. The molecule has 0 unspecified atom stereocenters. The maximum atomic E-state index is 12.5. The fraction of sp³-hybridized carbons (Fsp3) is 0.143. The first-order chi connectivity index (χ1) is 13.2. The van der Waals surface area contributed by atoms with Crippen LogP contribution in [-0.2, 0) is 24.4 Å². The maximum absolute atomic E-state index is 12.5. The standard InChI is InChI=1S/C21H19ClN4O/c22-19-7-6-16-8-11-25(20(16)12-19)15-21(27)23-13-17-4-1-2-5-18(17)14-26-10-3-9-24-26/h1-12H,13-15H2,(H,23,27). The van der Waals surface area contributed by atoms with E-state index in [0.717, 1.165) is 22.0 Å². The highest BCUT2D eigenvalue weighted by molar-refractivity contribution is 6.31. The summed E-state index contributed by atoms with van der Waals surface area (Å²) in [5, 5.41) is 8.99. The smallest absolute Gasteiger partial charge is 0.240 e. The van der Waals surface area contributed by atoms with Crippen molar-refractivity contribution in [1.82, 2.24) is 19.7 Å². The number of hydrogen-bond acceptors (Lipinski definition) is 2. The van der Waals surface area contributed by atoms with E-state index in [4.69, 9.17) is 11.6 Å². The summed E-state index contributed by atoms with van der Waals surface area (Å²) in [6, 6.07) is 17.6. The lowest BCUT2D eigenvalue weighted by molar-refractivity contribution is -0.121. The molecule has 136 valence electrons. The molecule has 1 N–H and O–H groups in total. The fourth-order valence-electron chi connectivity index (χ4n) is 3.15. The fourth-order valence-corrected chi connectivity index (χ4v) is 3.32. The van der Waals surface area contributed by atoms with E-state index in [1.165, 1.54) is 0 Å². The maximum Gasteiger partial charge on any atom is 0.240 e. The van der Waals surface area contributed by atoms with Gasteiger partial charge in [0.1, 0.15) is 6.54 Å². The average molecular weight is 379 g/mol. The van der Waals surface area contributed by atoms with E-state index >= 15 is 0 Å². The Balaban J connectivity index is 1.43. The van der Waals surface area contributed by atoms with Gasteiger partial charge in [0.2, 0.25) is 5.91 Å². The van der Waals surface area contributed by atoms with Gasteiger partial charge in [-0.2, -0.15) is 5.10 Å². The van der Waals surface area contributed by atoms with Gasteiger partial charge in [-0.1, -0.05) is 41.9 Å². The summed E-state index contributed by atoms with van der Waals surface area (Å²) >= 11 is 6.08. The lowest BCUT2D eigenvalue weighted by Gasteiger charge is -2.12. The first-order valence-corrected chi connectivity index (χ1v) is 9.12. The summed E-state index contributed by atoms with van der Waals surface area (Å²) < 4.78 is 3.78. The van der Waals surface area contributed by atoms with Crippen LogP contribution in [0.15, 0.2) is 73.2 Å². The number of hydrogen-bond donors (Lipinski definition) is 1. The second-order valence-corrected chi connectivity index (χ2v) is 6.83. The molecule has 2 aromatic heterocycles. The van der Waals surface area contributed by atoms with E-state index in [2.05, 4.69) is 16.5 Å². The molecule has 0 bridgehead atoms. The zero-order chi connectivity index (χ0) is 18.6. The minimum atomic E-state index is -0.0404. The van der Waals surface area contributed by atoms with Crippen LogP contribution < -0.4 is 5.32 Å². The summed E-state index contributed by atoms with van der Waals surface area (Å²) in [5.74, 6) is -0.0404. The Labute approximate surface area is 162 Å². The number of fused-ring (bicyclic) bond motifs is 1. The van der Waals surface area contributed by atoms with E-state index in [0.29, 0.717) is 18.1 Å². The zero-order valence-corrected chi connectivity index (χ0v) is 15.4. The van der Waals surface area contributed by atoms with Gasteiger partial charge in [0.25, 0.3) is 0 Å². The Morgan fingerprint density at radius 3 is 2.70 bits per heavy atom. The molecule has 0 saturated carbocycles. The summed E-state index contributed by atoms with van der Waals surface area (Å²) in [6.45, 7) is 1.42. The van der Waals surface area contributed by atoms with E-state index in [-0.39, 0.29) is 12.5 Å². The molecule has 0 aliphatic heterocycles. The molecule has 6 heteroatoms. The zero-order valence-electron chi connectivity index (χ0n) is 14.7. The van der Waals surface area contributed by atoms with Gasteiger partial charge in [-0.25, -0.2) is 0 Å². The van der Waals surface area contributed by atoms with Crippen molar-refractivity contribution >= 4 is 28.4 Å². The van der Waals surface area contributed by atoms with E-state index in [1.807, 2.05) is 70.2 Å². The lowest BCUT2D eigenvalue weighted by Crippen LogP contribution is -2.27. The SMILES string of the molecule is O=C(Cn1ccc2ccc(Cl)cc21)NCc1ccccc1Cn1cccn1. The Kier molecular flexibility index (Phi) is 4.94. The van der Waals surface area contributed by atoms with Crippen LogP contribution in [0.4, 0.5) is 0 Å². The second kappa shape index (κ2) is 7.68. The van der Waals surface area contributed by atoms with Crippen LogP contribution in [0.3, 0.4) is 0 Å². The van der Waals surface area contributed by atoms with Crippen molar-refractivity contribution in [3.63, 3.8) is 0 Å². The highest BCUT2D eigenvalue weighted by Gasteiger charge is 2.09. The van der Waals surface area contributed by atoms with Crippen molar-refractivity contribution in [3.8, 4) is 0 Å². The number of nitrogens with zero attached hydrogens (tertiary/aromatic N) is 3. The quantitative estimate of drug-likeness (QED) is 0.554. The van der Waals surface area contributed by atoms with Crippen LogP contribution in [0.5, 0.6) is 0 Å². The third-order valence-electron chi connectivity index (χ3n) is 4.54. The van der Waals surface area contributed by atoms with Crippen LogP contribution >= 0.6 is 11.6 Å². The predicted octanol–water partition coefficient (Wildman–Crippen LogP) is 3.86. The molecule has 0 saturated heterocycles. The average Bonchev–Trinajstić information content (AvgIpc) is 3.31. The van der Waals surface area contributed by atoms with Gasteiger partial charge in [-0.15, -0.1) is 0 Å². The van der Waals surface area contributed by atoms with E-state index < -0.39 is 0 Å². The van der Waals surface area contributed by atoms with Crippen molar-refractivity contribution in [2.24, 2.45) is 0 Å². The monoisotopic (exact) mass is 378 g/mol.